The molecule has 0 saturated heterocycles. The fourth-order valence-electron chi connectivity index (χ4n) is 4.48. The van der Waals surface area contributed by atoms with Crippen LogP contribution in [0.3, 0.4) is 0 Å². The molecule has 6 nitrogen and oxygen atoms in total. The summed E-state index contributed by atoms with van der Waals surface area (Å²) in [5, 5.41) is 42.3. The Balaban J connectivity index is 1.96. The smallest absolute Gasteiger partial charge is 0.126 e. The monoisotopic (exact) mass is 448 g/mol. The second-order valence-electron chi connectivity index (χ2n) is 8.90. The normalized spacial score (nSPS) is 17.7. The maximum Gasteiger partial charge on any atom is 0.126 e. The van der Waals surface area contributed by atoms with Crippen molar-refractivity contribution in [1.29, 1.82) is 0 Å². The van der Waals surface area contributed by atoms with Gasteiger partial charge in [0.15, 0.2) is 0 Å². The number of phenolic OH excluding ortho intramolecular Hbond substituents is 4. The summed E-state index contributed by atoms with van der Waals surface area (Å²) in [4.78, 5) is 0. The number of hydrogen-bond donors (Lipinski definition) is 4. The molecule has 172 valence electrons. The highest BCUT2D eigenvalue weighted by Gasteiger charge is 2.37. The van der Waals surface area contributed by atoms with Crippen LogP contribution in [0.25, 0.3) is 0 Å². The van der Waals surface area contributed by atoms with E-state index in [1.807, 2.05) is 13.8 Å². The van der Waals surface area contributed by atoms with Crippen molar-refractivity contribution in [3.05, 3.63) is 83.4 Å². The van der Waals surface area contributed by atoms with E-state index in [1.165, 1.54) is 13.2 Å². The topological polar surface area (TPSA) is 99.4 Å². The third-order valence-corrected chi connectivity index (χ3v) is 6.47. The number of fused-ring (bicyclic) bond motifs is 1. The Bertz CT molecular complexity index is 1210. The van der Waals surface area contributed by atoms with Gasteiger partial charge >= 0.3 is 0 Å². The van der Waals surface area contributed by atoms with E-state index in [0.29, 0.717) is 28.2 Å². The Morgan fingerprint density at radius 2 is 1.61 bits per heavy atom. The Morgan fingerprint density at radius 1 is 0.909 bits per heavy atom. The molecule has 0 radical (unpaired) electrons. The van der Waals surface area contributed by atoms with E-state index in [9.17, 15) is 20.4 Å². The number of ether oxygens (including phenoxy) is 2. The quantitative estimate of drug-likeness (QED) is 0.396. The highest BCUT2D eigenvalue weighted by Crippen LogP contribution is 2.52. The summed E-state index contributed by atoms with van der Waals surface area (Å²) in [6.07, 6.45) is 1.74. The molecule has 33 heavy (non-hydrogen) atoms. The third-order valence-electron chi connectivity index (χ3n) is 6.47. The molecule has 0 spiro atoms. The van der Waals surface area contributed by atoms with Crippen molar-refractivity contribution in [1.82, 2.24) is 0 Å². The van der Waals surface area contributed by atoms with Gasteiger partial charge in [-0.1, -0.05) is 32.1 Å². The van der Waals surface area contributed by atoms with Crippen LogP contribution in [0.15, 0.2) is 61.2 Å². The molecule has 6 heteroatoms. The molecule has 0 amide bonds. The van der Waals surface area contributed by atoms with Gasteiger partial charge in [0.1, 0.15) is 34.5 Å². The van der Waals surface area contributed by atoms with Gasteiger partial charge in [-0.3, -0.25) is 0 Å². The lowest BCUT2D eigenvalue weighted by Gasteiger charge is -2.36. The molecule has 4 N–H and O–H groups in total. The number of rotatable bonds is 5. The first-order valence-electron chi connectivity index (χ1n) is 10.7. The largest absolute Gasteiger partial charge is 0.508 e. The van der Waals surface area contributed by atoms with Crippen LogP contribution >= 0.6 is 0 Å². The van der Waals surface area contributed by atoms with Gasteiger partial charge in [0.25, 0.3) is 0 Å². The number of benzene rings is 3. The Hall–Kier alpha value is -3.80. The van der Waals surface area contributed by atoms with Crippen LogP contribution in [0.4, 0.5) is 0 Å². The lowest BCUT2D eigenvalue weighted by atomic mass is 9.73. The Labute approximate surface area is 193 Å². The molecule has 0 fully saturated rings. The molecule has 0 aromatic heterocycles. The van der Waals surface area contributed by atoms with Gasteiger partial charge in [0, 0.05) is 57.7 Å². The molecule has 1 aliphatic rings. The number of aromatic hydroxyl groups is 4. The summed E-state index contributed by atoms with van der Waals surface area (Å²) < 4.78 is 11.2. The molecule has 4 rings (SSSR count). The molecule has 2 unspecified atom stereocenters. The maximum absolute atomic E-state index is 10.9. The molecule has 0 saturated carbocycles. The standard InChI is InChI=1S/C27H28O6/c1-5-27(2,3)21-12-19(23(30)13-24(21)31)26-18-8-6-15(28)10-25(18)33-14-20(26)17-9-7-16(32-4)11-22(17)29/h5-13,20,26,28-31H,1,14H2,2-4H3. The summed E-state index contributed by atoms with van der Waals surface area (Å²) >= 11 is 0. The number of methoxy groups -OCH3 is 1. The van der Waals surface area contributed by atoms with E-state index in [4.69, 9.17) is 9.47 Å². The zero-order valence-electron chi connectivity index (χ0n) is 18.9. The van der Waals surface area contributed by atoms with Crippen molar-refractivity contribution in [2.24, 2.45) is 0 Å². The second kappa shape index (κ2) is 8.28. The van der Waals surface area contributed by atoms with Crippen LogP contribution in [0.2, 0.25) is 0 Å². The van der Waals surface area contributed by atoms with Crippen LogP contribution in [-0.2, 0) is 5.41 Å². The van der Waals surface area contributed by atoms with Crippen LogP contribution in [0, 0.1) is 0 Å². The first-order chi connectivity index (χ1) is 15.7. The van der Waals surface area contributed by atoms with Crippen LogP contribution < -0.4 is 9.47 Å². The van der Waals surface area contributed by atoms with Crippen LogP contribution in [0.1, 0.15) is 47.9 Å². The lowest BCUT2D eigenvalue weighted by Crippen LogP contribution is -2.26. The molecule has 3 aromatic rings. The zero-order valence-corrected chi connectivity index (χ0v) is 18.9. The van der Waals surface area contributed by atoms with Crippen molar-refractivity contribution in [2.45, 2.75) is 31.1 Å². The predicted molar refractivity (Wildman–Crippen MR) is 126 cm³/mol. The van der Waals surface area contributed by atoms with Crippen LogP contribution in [-0.4, -0.2) is 34.1 Å². The number of phenols is 4. The van der Waals surface area contributed by atoms with E-state index >= 15 is 0 Å². The zero-order chi connectivity index (χ0) is 23.9. The molecule has 2 atom stereocenters. The summed E-state index contributed by atoms with van der Waals surface area (Å²) in [5.41, 5.74) is 2.04. The van der Waals surface area contributed by atoms with Gasteiger partial charge in [0.2, 0.25) is 0 Å². The van der Waals surface area contributed by atoms with Gasteiger partial charge in [0.05, 0.1) is 13.7 Å². The van der Waals surface area contributed by atoms with Crippen molar-refractivity contribution >= 4 is 0 Å². The van der Waals surface area contributed by atoms with Gasteiger partial charge in [-0.2, -0.15) is 0 Å². The summed E-state index contributed by atoms with van der Waals surface area (Å²) in [6.45, 7) is 7.95. The van der Waals surface area contributed by atoms with Crippen molar-refractivity contribution in [2.75, 3.05) is 13.7 Å². The number of allylic oxidation sites excluding steroid dienone is 1. The number of hydrogen-bond acceptors (Lipinski definition) is 6. The maximum atomic E-state index is 10.9. The molecule has 0 aliphatic carbocycles. The Morgan fingerprint density at radius 3 is 2.27 bits per heavy atom. The highest BCUT2D eigenvalue weighted by molar-refractivity contribution is 5.58. The fourth-order valence-corrected chi connectivity index (χ4v) is 4.48. The van der Waals surface area contributed by atoms with Crippen LogP contribution in [0.5, 0.6) is 34.5 Å². The van der Waals surface area contributed by atoms with E-state index in [0.717, 1.165) is 5.56 Å². The minimum Gasteiger partial charge on any atom is -0.508 e. The predicted octanol–water partition coefficient (Wildman–Crippen LogP) is 5.29. The van der Waals surface area contributed by atoms with Gasteiger partial charge in [-0.25, -0.2) is 0 Å². The first-order valence-corrected chi connectivity index (χ1v) is 10.7. The molecule has 3 aromatic carbocycles. The minimum atomic E-state index is -0.548. The van der Waals surface area contributed by atoms with E-state index < -0.39 is 11.3 Å². The fraction of sp³-hybridized carbons (Fsp3) is 0.259. The van der Waals surface area contributed by atoms with E-state index in [2.05, 4.69) is 6.58 Å². The SMILES string of the molecule is C=CC(C)(C)c1cc(C2c3ccc(O)cc3OCC2c2ccc(OC)cc2O)c(O)cc1O. The van der Waals surface area contributed by atoms with Crippen molar-refractivity contribution in [3.8, 4) is 34.5 Å². The van der Waals surface area contributed by atoms with Gasteiger partial charge < -0.3 is 29.9 Å². The third kappa shape index (κ3) is 3.93. The molecule has 1 aliphatic heterocycles. The summed E-state index contributed by atoms with van der Waals surface area (Å²) in [7, 11) is 1.53. The highest BCUT2D eigenvalue weighted by atomic mass is 16.5. The summed E-state index contributed by atoms with van der Waals surface area (Å²) in [5.74, 6) is 0.278. The van der Waals surface area contributed by atoms with Gasteiger partial charge in [-0.15, -0.1) is 6.58 Å². The van der Waals surface area contributed by atoms with Crippen molar-refractivity contribution < 1.29 is 29.9 Å². The van der Waals surface area contributed by atoms with E-state index in [1.54, 1.807) is 48.5 Å². The molecular formula is C27H28O6. The molecule has 0 bridgehead atoms. The van der Waals surface area contributed by atoms with E-state index in [-0.39, 0.29) is 35.5 Å². The average molecular weight is 449 g/mol. The molecular weight excluding hydrogens is 420 g/mol. The Kier molecular flexibility index (Phi) is 5.62. The van der Waals surface area contributed by atoms with Crippen molar-refractivity contribution in [3.63, 3.8) is 0 Å². The second-order valence-corrected chi connectivity index (χ2v) is 8.90. The average Bonchev–Trinajstić information content (AvgIpc) is 2.78. The minimum absolute atomic E-state index is 0.0250. The lowest BCUT2D eigenvalue weighted by molar-refractivity contribution is 0.243. The molecule has 1 heterocycles. The van der Waals surface area contributed by atoms with Gasteiger partial charge in [-0.05, 0) is 18.2 Å². The summed E-state index contributed by atoms with van der Waals surface area (Å²) in [6, 6.07) is 13.1. The first kappa shape index (κ1) is 22.4.